The highest BCUT2D eigenvalue weighted by Gasteiger charge is 2.32. The Kier molecular flexibility index (Phi) is 9.94. The Morgan fingerprint density at radius 2 is 1.95 bits per heavy atom. The molecule has 2 aliphatic carbocycles. The van der Waals surface area contributed by atoms with Gasteiger partial charge in [-0.25, -0.2) is 4.39 Å². The monoisotopic (exact) mass is 527 g/mol. The van der Waals surface area contributed by atoms with Crippen molar-refractivity contribution in [2.24, 2.45) is 16.6 Å². The smallest absolute Gasteiger partial charge is 0.270 e. The van der Waals surface area contributed by atoms with E-state index in [1.54, 1.807) is 0 Å². The lowest BCUT2D eigenvalue weighted by Crippen LogP contribution is -2.48. The van der Waals surface area contributed by atoms with E-state index in [2.05, 4.69) is 18.0 Å². The van der Waals surface area contributed by atoms with Crippen LogP contribution in [-0.2, 0) is 9.59 Å². The highest BCUT2D eigenvalue weighted by atomic mass is 19.1. The number of carbonyl (C=O) groups excluding carboxylic acids is 2. The number of carbonyl (C=O) groups is 2. The number of hydrogen-bond acceptors (Lipinski definition) is 6. The Labute approximate surface area is 225 Å². The van der Waals surface area contributed by atoms with Gasteiger partial charge in [0.2, 0.25) is 0 Å². The number of aliphatic hydroxyl groups is 1. The van der Waals surface area contributed by atoms with Crippen molar-refractivity contribution in [1.29, 1.82) is 0 Å². The number of nitrogens with two attached hydrogens (primary N) is 1. The number of aliphatic hydroxyl groups excluding tert-OH is 1. The summed E-state index contributed by atoms with van der Waals surface area (Å²) in [4.78, 5) is 31.4. The maximum absolute atomic E-state index is 13.9. The van der Waals surface area contributed by atoms with Crippen LogP contribution < -0.4 is 10.5 Å². The molecule has 2 unspecified atom stereocenters. The van der Waals surface area contributed by atoms with Gasteiger partial charge in [0.25, 0.3) is 5.91 Å². The molecular weight excluding hydrogens is 485 g/mol. The van der Waals surface area contributed by atoms with Gasteiger partial charge in [-0.3, -0.25) is 14.6 Å². The molecule has 0 radical (unpaired) electrons. The number of nitrogens with zero attached hydrogens (tertiary/aromatic N) is 2. The maximum atomic E-state index is 13.9. The number of aryl methyl sites for hydroxylation is 1. The number of aliphatic imine (C=N–C) groups is 1. The average Bonchev–Trinajstić information content (AvgIpc) is 3.27. The normalized spacial score (nSPS) is 28.7. The van der Waals surface area contributed by atoms with E-state index in [-0.39, 0.29) is 43.6 Å². The first kappa shape index (κ1) is 28.3. The van der Waals surface area contributed by atoms with E-state index in [0.29, 0.717) is 30.8 Å². The number of likely N-dealkylation sites (tertiary alicyclic amines) is 1. The second-order valence-corrected chi connectivity index (χ2v) is 11.1. The van der Waals surface area contributed by atoms with Gasteiger partial charge in [0.1, 0.15) is 17.6 Å². The molecule has 208 valence electrons. The first-order chi connectivity index (χ1) is 18.3. The van der Waals surface area contributed by atoms with Crippen molar-refractivity contribution in [3.63, 3.8) is 0 Å². The summed E-state index contributed by atoms with van der Waals surface area (Å²) in [7, 11) is 0. The van der Waals surface area contributed by atoms with Gasteiger partial charge in [0.15, 0.2) is 5.78 Å². The Bertz CT molecular complexity index is 1060. The third-order valence-corrected chi connectivity index (χ3v) is 8.24. The summed E-state index contributed by atoms with van der Waals surface area (Å²) < 4.78 is 20.2. The number of benzene rings is 1. The van der Waals surface area contributed by atoms with Crippen molar-refractivity contribution in [1.82, 2.24) is 4.90 Å². The molecule has 1 aromatic carbocycles. The lowest BCUT2D eigenvalue weighted by Gasteiger charge is -2.32. The van der Waals surface area contributed by atoms with Gasteiger partial charge >= 0.3 is 0 Å². The molecule has 1 saturated heterocycles. The number of halogens is 1. The molecule has 0 bridgehead atoms. The number of piperidine rings is 1. The highest BCUT2D eigenvalue weighted by molar-refractivity contribution is 6.09. The number of hydrogen-bond donors (Lipinski definition) is 2. The second-order valence-electron chi connectivity index (χ2n) is 11.1. The zero-order valence-corrected chi connectivity index (χ0v) is 22.5. The minimum atomic E-state index is -1.46. The van der Waals surface area contributed by atoms with E-state index >= 15 is 0 Å². The Morgan fingerprint density at radius 3 is 2.74 bits per heavy atom. The minimum Gasteiger partial charge on any atom is -0.490 e. The van der Waals surface area contributed by atoms with Crippen molar-refractivity contribution >= 4 is 17.4 Å². The maximum Gasteiger partial charge on any atom is 0.270 e. The topological polar surface area (TPSA) is 105 Å². The number of para-hydroxylation sites is 1. The number of ketones is 1. The first-order valence-corrected chi connectivity index (χ1v) is 14.2. The fourth-order valence-corrected chi connectivity index (χ4v) is 5.82. The lowest BCUT2D eigenvalue weighted by molar-refractivity contribution is -0.131. The third kappa shape index (κ3) is 7.43. The van der Waals surface area contributed by atoms with Gasteiger partial charge in [0, 0.05) is 24.3 Å². The molecule has 3 aliphatic rings. The molecule has 7 nitrogen and oxygen atoms in total. The molecule has 1 aromatic rings. The predicted octanol–water partition coefficient (Wildman–Crippen LogP) is 4.44. The number of amides is 1. The summed E-state index contributed by atoms with van der Waals surface area (Å²) in [6, 6.07) is 8.14. The van der Waals surface area contributed by atoms with Gasteiger partial charge in [-0.05, 0) is 82.3 Å². The zero-order chi connectivity index (χ0) is 27.1. The third-order valence-electron chi connectivity index (χ3n) is 8.24. The van der Waals surface area contributed by atoms with Gasteiger partial charge in [-0.2, -0.15) is 0 Å². The van der Waals surface area contributed by atoms with Crippen LogP contribution >= 0.6 is 0 Å². The van der Waals surface area contributed by atoms with Gasteiger partial charge in [-0.1, -0.05) is 24.6 Å². The molecule has 38 heavy (non-hydrogen) atoms. The molecule has 3 fully saturated rings. The fraction of sp³-hybridized carbons (Fsp3) is 0.633. The number of rotatable bonds is 8. The van der Waals surface area contributed by atoms with Gasteiger partial charge < -0.3 is 20.5 Å². The SMILES string of the molecule is Cc1ccccc1OC1CCCC(CCC(=O)CN=C2CCCC2=C(N)C(=O)N2CC[C@H](O)[C@H](F)C2)CC1. The second kappa shape index (κ2) is 13.4. The van der Waals surface area contributed by atoms with E-state index in [0.717, 1.165) is 62.0 Å². The molecule has 2 saturated carbocycles. The Hall–Kier alpha value is -2.74. The first-order valence-electron chi connectivity index (χ1n) is 14.2. The van der Waals surface area contributed by atoms with Crippen LogP contribution in [0.2, 0.25) is 0 Å². The van der Waals surface area contributed by atoms with Crippen LogP contribution in [0.5, 0.6) is 5.75 Å². The van der Waals surface area contributed by atoms with Crippen LogP contribution in [0.4, 0.5) is 4.39 Å². The van der Waals surface area contributed by atoms with Crippen molar-refractivity contribution in [2.75, 3.05) is 19.6 Å². The summed E-state index contributed by atoms with van der Waals surface area (Å²) in [6.07, 6.45) is 6.82. The average molecular weight is 528 g/mol. The molecule has 4 rings (SSSR count). The van der Waals surface area contributed by atoms with E-state index in [9.17, 15) is 19.1 Å². The molecule has 1 aliphatic heterocycles. The standard InChI is InChI=1S/C30H42FN3O4/c1-20-6-2-3-11-28(20)38-23-8-4-7-21(13-15-23)12-14-22(35)18-33-26-10-5-9-24(26)29(32)30(37)34-17-16-27(36)25(31)19-34/h2-3,6,11,21,23,25,27,36H,4-5,7-10,12-19,32H2,1H3/t21?,23?,25-,27+/m1/s1. The van der Waals surface area contributed by atoms with E-state index in [1.165, 1.54) is 4.90 Å². The molecule has 0 aromatic heterocycles. The van der Waals surface area contributed by atoms with Crippen molar-refractivity contribution in [3.8, 4) is 5.75 Å². The Morgan fingerprint density at radius 1 is 1.13 bits per heavy atom. The van der Waals surface area contributed by atoms with Crippen LogP contribution in [0.3, 0.4) is 0 Å². The summed E-state index contributed by atoms with van der Waals surface area (Å²) in [6.45, 7) is 2.30. The van der Waals surface area contributed by atoms with E-state index in [4.69, 9.17) is 10.5 Å². The van der Waals surface area contributed by atoms with Crippen molar-refractivity contribution in [3.05, 3.63) is 41.1 Å². The van der Waals surface area contributed by atoms with Crippen LogP contribution in [0.25, 0.3) is 0 Å². The highest BCUT2D eigenvalue weighted by Crippen LogP contribution is 2.30. The molecule has 0 spiro atoms. The molecule has 8 heteroatoms. The van der Waals surface area contributed by atoms with Crippen LogP contribution in [-0.4, -0.2) is 65.4 Å². The summed E-state index contributed by atoms with van der Waals surface area (Å²) in [5, 5.41) is 9.59. The number of alkyl halides is 1. The lowest BCUT2D eigenvalue weighted by atomic mass is 9.94. The quantitative estimate of drug-likeness (QED) is 0.384. The summed E-state index contributed by atoms with van der Waals surface area (Å²) in [5.41, 5.74) is 8.86. The van der Waals surface area contributed by atoms with Crippen molar-refractivity contribution in [2.45, 2.75) is 95.9 Å². The van der Waals surface area contributed by atoms with Crippen LogP contribution in [0.15, 0.2) is 40.5 Å². The fourth-order valence-electron chi connectivity index (χ4n) is 5.82. The summed E-state index contributed by atoms with van der Waals surface area (Å²) in [5.74, 6) is 1.19. The van der Waals surface area contributed by atoms with Crippen LogP contribution in [0, 0.1) is 12.8 Å². The van der Waals surface area contributed by atoms with Crippen LogP contribution in [0.1, 0.15) is 76.2 Å². The Balaban J connectivity index is 1.24. The number of Topliss-reactive ketones (excluding diaryl/α,β-unsaturated/α-hetero) is 1. The minimum absolute atomic E-state index is 0.0956. The zero-order valence-electron chi connectivity index (χ0n) is 22.5. The number of allylic oxidation sites excluding steroid dienone is 1. The molecule has 3 N–H and O–H groups in total. The molecule has 1 amide bonds. The molecular formula is C30H42FN3O4. The molecule has 1 heterocycles. The van der Waals surface area contributed by atoms with E-state index < -0.39 is 18.2 Å². The van der Waals surface area contributed by atoms with Crippen molar-refractivity contribution < 1.29 is 23.8 Å². The molecule has 4 atom stereocenters. The van der Waals surface area contributed by atoms with Gasteiger partial charge in [-0.15, -0.1) is 0 Å². The number of ether oxygens (including phenoxy) is 1. The largest absolute Gasteiger partial charge is 0.490 e. The predicted molar refractivity (Wildman–Crippen MR) is 146 cm³/mol. The van der Waals surface area contributed by atoms with E-state index in [1.807, 2.05) is 18.2 Å². The summed E-state index contributed by atoms with van der Waals surface area (Å²) >= 11 is 0. The van der Waals surface area contributed by atoms with Gasteiger partial charge in [0.05, 0.1) is 25.3 Å².